The van der Waals surface area contributed by atoms with Crippen molar-refractivity contribution in [3.63, 3.8) is 0 Å². The van der Waals surface area contributed by atoms with Gasteiger partial charge in [-0.25, -0.2) is 0 Å². The van der Waals surface area contributed by atoms with E-state index in [1.807, 2.05) is 0 Å². The number of hydrogen-bond acceptors (Lipinski definition) is 2. The molecule has 1 rings (SSSR count). The molecule has 0 heterocycles. The number of rotatable bonds is 4. The Labute approximate surface area is 80.1 Å². The molecule has 0 bridgehead atoms. The quantitative estimate of drug-likeness (QED) is 0.677. The van der Waals surface area contributed by atoms with Crippen LogP contribution in [0.3, 0.4) is 0 Å². The standard InChI is InChI=1S/C10H20N2O/c1-6(2)9(5-11)12-10(13)8-4-7(8)3/h6-9H,4-5,11H2,1-3H3,(H,12,13). The minimum Gasteiger partial charge on any atom is -0.352 e. The maximum atomic E-state index is 11.5. The van der Waals surface area contributed by atoms with Gasteiger partial charge in [0.1, 0.15) is 0 Å². The fourth-order valence-corrected chi connectivity index (χ4v) is 1.47. The summed E-state index contributed by atoms with van der Waals surface area (Å²) < 4.78 is 0. The maximum Gasteiger partial charge on any atom is 0.223 e. The Morgan fingerprint density at radius 2 is 2.15 bits per heavy atom. The minimum atomic E-state index is 0.139. The van der Waals surface area contributed by atoms with Crippen LogP contribution < -0.4 is 11.1 Å². The molecule has 1 saturated carbocycles. The average molecular weight is 184 g/mol. The van der Waals surface area contributed by atoms with Crippen LogP contribution in [0.25, 0.3) is 0 Å². The summed E-state index contributed by atoms with van der Waals surface area (Å²) in [6.45, 7) is 6.80. The summed E-state index contributed by atoms with van der Waals surface area (Å²) in [6, 6.07) is 0.139. The predicted octanol–water partition coefficient (Wildman–Crippen LogP) is 0.742. The summed E-state index contributed by atoms with van der Waals surface area (Å²) >= 11 is 0. The van der Waals surface area contributed by atoms with Crippen molar-refractivity contribution in [2.75, 3.05) is 6.54 Å². The van der Waals surface area contributed by atoms with Crippen LogP contribution in [0.4, 0.5) is 0 Å². The molecule has 0 spiro atoms. The van der Waals surface area contributed by atoms with Crippen molar-refractivity contribution in [3.05, 3.63) is 0 Å². The average Bonchev–Trinajstić information content (AvgIpc) is 2.77. The molecule has 1 fully saturated rings. The molecule has 1 amide bonds. The highest BCUT2D eigenvalue weighted by atomic mass is 16.2. The van der Waals surface area contributed by atoms with Crippen molar-refractivity contribution in [1.29, 1.82) is 0 Å². The van der Waals surface area contributed by atoms with Crippen LogP contribution in [0, 0.1) is 17.8 Å². The van der Waals surface area contributed by atoms with Gasteiger partial charge < -0.3 is 11.1 Å². The molecule has 0 aromatic heterocycles. The summed E-state index contributed by atoms with van der Waals surface area (Å²) in [5.74, 6) is 1.44. The van der Waals surface area contributed by atoms with E-state index in [0.29, 0.717) is 18.4 Å². The lowest BCUT2D eigenvalue weighted by Gasteiger charge is -2.20. The third kappa shape index (κ3) is 2.69. The Kier molecular flexibility index (Phi) is 3.31. The molecule has 0 aliphatic heterocycles. The molecule has 3 unspecified atom stereocenters. The van der Waals surface area contributed by atoms with Gasteiger partial charge in [0, 0.05) is 18.5 Å². The minimum absolute atomic E-state index is 0.139. The van der Waals surface area contributed by atoms with Crippen LogP contribution in [0.1, 0.15) is 27.2 Å². The molecule has 13 heavy (non-hydrogen) atoms. The highest BCUT2D eigenvalue weighted by molar-refractivity contribution is 5.81. The van der Waals surface area contributed by atoms with Gasteiger partial charge in [-0.1, -0.05) is 20.8 Å². The van der Waals surface area contributed by atoms with Gasteiger partial charge in [-0.05, 0) is 18.3 Å². The van der Waals surface area contributed by atoms with E-state index < -0.39 is 0 Å². The first-order valence-electron chi connectivity index (χ1n) is 5.06. The number of hydrogen-bond donors (Lipinski definition) is 2. The van der Waals surface area contributed by atoms with E-state index in [1.165, 1.54) is 0 Å². The molecule has 3 nitrogen and oxygen atoms in total. The number of carbonyl (C=O) groups is 1. The Morgan fingerprint density at radius 1 is 1.62 bits per heavy atom. The molecule has 1 aliphatic carbocycles. The monoisotopic (exact) mass is 184 g/mol. The molecule has 0 aromatic rings. The van der Waals surface area contributed by atoms with Gasteiger partial charge in [0.2, 0.25) is 5.91 Å². The molecule has 3 atom stereocenters. The van der Waals surface area contributed by atoms with E-state index in [-0.39, 0.29) is 17.9 Å². The summed E-state index contributed by atoms with van der Waals surface area (Å²) in [5, 5.41) is 2.99. The molecule has 0 aromatic carbocycles. The maximum absolute atomic E-state index is 11.5. The summed E-state index contributed by atoms with van der Waals surface area (Å²) in [5.41, 5.74) is 5.56. The number of nitrogens with two attached hydrogens (primary N) is 1. The first kappa shape index (κ1) is 10.5. The molecule has 0 radical (unpaired) electrons. The molecule has 0 saturated heterocycles. The second-order valence-electron chi connectivity index (χ2n) is 4.41. The zero-order valence-corrected chi connectivity index (χ0v) is 8.71. The predicted molar refractivity (Wildman–Crippen MR) is 53.1 cm³/mol. The van der Waals surface area contributed by atoms with Crippen molar-refractivity contribution >= 4 is 5.91 Å². The van der Waals surface area contributed by atoms with Gasteiger partial charge in [-0.3, -0.25) is 4.79 Å². The lowest BCUT2D eigenvalue weighted by atomic mass is 10.0. The van der Waals surface area contributed by atoms with E-state index >= 15 is 0 Å². The van der Waals surface area contributed by atoms with Crippen LogP contribution in [-0.4, -0.2) is 18.5 Å². The highest BCUT2D eigenvalue weighted by Crippen LogP contribution is 2.37. The summed E-state index contributed by atoms with van der Waals surface area (Å²) in [4.78, 5) is 11.5. The van der Waals surface area contributed by atoms with Crippen LogP contribution in [0.5, 0.6) is 0 Å². The van der Waals surface area contributed by atoms with Gasteiger partial charge in [0.15, 0.2) is 0 Å². The number of carbonyl (C=O) groups excluding carboxylic acids is 1. The van der Waals surface area contributed by atoms with E-state index in [4.69, 9.17) is 5.73 Å². The SMILES string of the molecule is CC(C)C(CN)NC(=O)C1CC1C. The normalized spacial score (nSPS) is 28.7. The van der Waals surface area contributed by atoms with Crippen LogP contribution in [-0.2, 0) is 4.79 Å². The fraction of sp³-hybridized carbons (Fsp3) is 0.900. The Balaban J connectivity index is 2.33. The van der Waals surface area contributed by atoms with Crippen molar-refractivity contribution in [3.8, 4) is 0 Å². The zero-order chi connectivity index (χ0) is 10.0. The van der Waals surface area contributed by atoms with Gasteiger partial charge in [0.05, 0.1) is 0 Å². The van der Waals surface area contributed by atoms with Gasteiger partial charge >= 0.3 is 0 Å². The van der Waals surface area contributed by atoms with E-state index in [2.05, 4.69) is 26.1 Å². The largest absolute Gasteiger partial charge is 0.352 e. The third-order valence-electron chi connectivity index (χ3n) is 2.83. The van der Waals surface area contributed by atoms with Crippen molar-refractivity contribution in [1.82, 2.24) is 5.32 Å². The van der Waals surface area contributed by atoms with Crippen LogP contribution in [0.15, 0.2) is 0 Å². The topological polar surface area (TPSA) is 55.1 Å². The Hall–Kier alpha value is -0.570. The van der Waals surface area contributed by atoms with E-state index in [1.54, 1.807) is 0 Å². The van der Waals surface area contributed by atoms with E-state index in [9.17, 15) is 4.79 Å². The Bertz CT molecular complexity index is 191. The first-order valence-corrected chi connectivity index (χ1v) is 5.06. The fourth-order valence-electron chi connectivity index (χ4n) is 1.47. The van der Waals surface area contributed by atoms with Gasteiger partial charge in [-0.15, -0.1) is 0 Å². The second kappa shape index (κ2) is 4.09. The van der Waals surface area contributed by atoms with Gasteiger partial charge in [-0.2, -0.15) is 0 Å². The van der Waals surface area contributed by atoms with Crippen molar-refractivity contribution < 1.29 is 4.79 Å². The van der Waals surface area contributed by atoms with Crippen molar-refractivity contribution in [2.24, 2.45) is 23.5 Å². The highest BCUT2D eigenvalue weighted by Gasteiger charge is 2.39. The first-order chi connectivity index (χ1) is 6.06. The lowest BCUT2D eigenvalue weighted by Crippen LogP contribution is -2.44. The van der Waals surface area contributed by atoms with Crippen LogP contribution in [0.2, 0.25) is 0 Å². The molecule has 3 heteroatoms. The van der Waals surface area contributed by atoms with Crippen molar-refractivity contribution in [2.45, 2.75) is 33.2 Å². The van der Waals surface area contributed by atoms with E-state index in [0.717, 1.165) is 6.42 Å². The summed E-state index contributed by atoms with van der Waals surface area (Å²) in [7, 11) is 0. The molecule has 1 aliphatic rings. The zero-order valence-electron chi connectivity index (χ0n) is 8.71. The summed E-state index contributed by atoms with van der Waals surface area (Å²) in [6.07, 6.45) is 1.04. The third-order valence-corrected chi connectivity index (χ3v) is 2.83. The van der Waals surface area contributed by atoms with Gasteiger partial charge in [0.25, 0.3) is 0 Å². The van der Waals surface area contributed by atoms with Crippen LogP contribution >= 0.6 is 0 Å². The molecular weight excluding hydrogens is 164 g/mol. The smallest absolute Gasteiger partial charge is 0.223 e. The number of amides is 1. The Morgan fingerprint density at radius 3 is 2.46 bits per heavy atom. The molecule has 3 N–H and O–H groups in total. The second-order valence-corrected chi connectivity index (χ2v) is 4.41. The number of nitrogens with one attached hydrogen (secondary N) is 1. The molecule has 76 valence electrons. The molecular formula is C10H20N2O. The lowest BCUT2D eigenvalue weighted by molar-refractivity contribution is -0.123.